The first-order valence-corrected chi connectivity index (χ1v) is 9.13. The third-order valence-electron chi connectivity index (χ3n) is 3.53. The fraction of sp³-hybridized carbons (Fsp3) is 0.462. The standard InChI is InChI=1S/C13H16BrN3O2S/c1-8-4-9(14)5-11-13(8)17-12(16-11)6-10-7-20(18,19)3-2-15-10/h4-5,10,15H,2-3,6-7H2,1H3,(H,16,17). The Labute approximate surface area is 126 Å². The van der Waals surface area contributed by atoms with Gasteiger partial charge in [-0.2, -0.15) is 0 Å². The first-order valence-electron chi connectivity index (χ1n) is 6.51. The summed E-state index contributed by atoms with van der Waals surface area (Å²) in [4.78, 5) is 7.86. The van der Waals surface area contributed by atoms with Crippen LogP contribution in [0.2, 0.25) is 0 Å². The van der Waals surface area contributed by atoms with Crippen LogP contribution < -0.4 is 5.32 Å². The zero-order valence-electron chi connectivity index (χ0n) is 11.1. The molecule has 1 fully saturated rings. The fourth-order valence-corrected chi connectivity index (χ4v) is 4.64. The van der Waals surface area contributed by atoms with Crippen molar-refractivity contribution in [2.24, 2.45) is 0 Å². The van der Waals surface area contributed by atoms with Crippen molar-refractivity contribution in [2.45, 2.75) is 19.4 Å². The second-order valence-electron chi connectivity index (χ2n) is 5.27. The SMILES string of the molecule is Cc1cc(Br)cc2[nH]c(CC3CS(=O)(=O)CCN3)nc12. The number of hydrogen-bond acceptors (Lipinski definition) is 4. The maximum Gasteiger partial charge on any atom is 0.153 e. The molecule has 0 bridgehead atoms. The van der Waals surface area contributed by atoms with Crippen LogP contribution in [0.5, 0.6) is 0 Å². The van der Waals surface area contributed by atoms with E-state index in [1.54, 1.807) is 0 Å². The maximum atomic E-state index is 11.6. The molecule has 1 unspecified atom stereocenters. The average molecular weight is 358 g/mol. The van der Waals surface area contributed by atoms with Crippen molar-refractivity contribution in [3.63, 3.8) is 0 Å². The molecule has 2 aromatic rings. The number of rotatable bonds is 2. The van der Waals surface area contributed by atoms with Crippen molar-refractivity contribution < 1.29 is 8.42 Å². The van der Waals surface area contributed by atoms with Gasteiger partial charge in [-0.3, -0.25) is 0 Å². The van der Waals surface area contributed by atoms with Crippen molar-refractivity contribution in [1.29, 1.82) is 0 Å². The predicted molar refractivity (Wildman–Crippen MR) is 82.7 cm³/mol. The van der Waals surface area contributed by atoms with Crippen LogP contribution >= 0.6 is 15.9 Å². The minimum absolute atomic E-state index is 0.0574. The Balaban J connectivity index is 1.86. The molecule has 1 atom stereocenters. The summed E-state index contributed by atoms with van der Waals surface area (Å²) in [6, 6.07) is 3.96. The summed E-state index contributed by atoms with van der Waals surface area (Å²) in [5.74, 6) is 1.25. The van der Waals surface area contributed by atoms with Gasteiger partial charge >= 0.3 is 0 Å². The Bertz CT molecular complexity index is 754. The summed E-state index contributed by atoms with van der Waals surface area (Å²) in [6.07, 6.45) is 0.602. The molecule has 20 heavy (non-hydrogen) atoms. The molecule has 1 aromatic heterocycles. The molecule has 2 N–H and O–H groups in total. The van der Waals surface area contributed by atoms with E-state index in [0.29, 0.717) is 13.0 Å². The fourth-order valence-electron chi connectivity index (χ4n) is 2.63. The number of nitrogens with zero attached hydrogens (tertiary/aromatic N) is 1. The second kappa shape index (κ2) is 5.13. The Hall–Kier alpha value is -0.920. The van der Waals surface area contributed by atoms with E-state index in [1.807, 2.05) is 19.1 Å². The number of aromatic nitrogens is 2. The highest BCUT2D eigenvalue weighted by molar-refractivity contribution is 9.10. The van der Waals surface area contributed by atoms with Gasteiger partial charge < -0.3 is 10.3 Å². The third kappa shape index (κ3) is 2.89. The highest BCUT2D eigenvalue weighted by Gasteiger charge is 2.25. The van der Waals surface area contributed by atoms with E-state index >= 15 is 0 Å². The summed E-state index contributed by atoms with van der Waals surface area (Å²) in [5.41, 5.74) is 3.02. The quantitative estimate of drug-likeness (QED) is 0.855. The van der Waals surface area contributed by atoms with Crippen LogP contribution in [0.25, 0.3) is 11.0 Å². The van der Waals surface area contributed by atoms with E-state index in [4.69, 9.17) is 0 Å². The second-order valence-corrected chi connectivity index (χ2v) is 8.42. The summed E-state index contributed by atoms with van der Waals surface area (Å²) < 4.78 is 24.3. The van der Waals surface area contributed by atoms with Crippen LogP contribution in [0.15, 0.2) is 16.6 Å². The van der Waals surface area contributed by atoms with E-state index < -0.39 is 9.84 Å². The minimum Gasteiger partial charge on any atom is -0.342 e. The van der Waals surface area contributed by atoms with Crippen LogP contribution in [0.3, 0.4) is 0 Å². The van der Waals surface area contributed by atoms with Crippen LogP contribution in [0.4, 0.5) is 0 Å². The van der Waals surface area contributed by atoms with Gasteiger partial charge in [-0.05, 0) is 24.6 Å². The number of halogens is 1. The lowest BCUT2D eigenvalue weighted by molar-refractivity contribution is 0.510. The zero-order valence-corrected chi connectivity index (χ0v) is 13.5. The summed E-state index contributed by atoms with van der Waals surface area (Å²) in [7, 11) is -2.91. The van der Waals surface area contributed by atoms with E-state index in [1.165, 1.54) is 0 Å². The number of benzene rings is 1. The monoisotopic (exact) mass is 357 g/mol. The van der Waals surface area contributed by atoms with Crippen molar-refractivity contribution in [3.05, 3.63) is 28.0 Å². The average Bonchev–Trinajstić information content (AvgIpc) is 2.70. The smallest absolute Gasteiger partial charge is 0.153 e. The first-order chi connectivity index (χ1) is 9.43. The molecule has 1 aromatic carbocycles. The molecule has 108 valence electrons. The molecule has 0 aliphatic carbocycles. The van der Waals surface area contributed by atoms with E-state index in [9.17, 15) is 8.42 Å². The van der Waals surface area contributed by atoms with Crippen LogP contribution in [-0.2, 0) is 16.3 Å². The predicted octanol–water partition coefficient (Wildman–Crippen LogP) is 1.56. The molecule has 0 spiro atoms. The van der Waals surface area contributed by atoms with Gasteiger partial charge in [0.25, 0.3) is 0 Å². The number of aryl methyl sites for hydroxylation is 1. The maximum absolute atomic E-state index is 11.6. The van der Waals surface area contributed by atoms with Crippen molar-refractivity contribution in [3.8, 4) is 0 Å². The van der Waals surface area contributed by atoms with Gasteiger partial charge in [-0.1, -0.05) is 15.9 Å². The summed E-state index contributed by atoms with van der Waals surface area (Å²) >= 11 is 3.47. The zero-order chi connectivity index (χ0) is 14.3. The lowest BCUT2D eigenvalue weighted by Gasteiger charge is -2.22. The lowest BCUT2D eigenvalue weighted by Crippen LogP contribution is -2.46. The minimum atomic E-state index is -2.91. The molecule has 0 radical (unpaired) electrons. The van der Waals surface area contributed by atoms with E-state index in [0.717, 1.165) is 26.9 Å². The molecule has 2 heterocycles. The van der Waals surface area contributed by atoms with Gasteiger partial charge in [-0.25, -0.2) is 13.4 Å². The summed E-state index contributed by atoms with van der Waals surface area (Å²) in [5, 5.41) is 3.25. The lowest BCUT2D eigenvalue weighted by atomic mass is 10.2. The summed E-state index contributed by atoms with van der Waals surface area (Å²) in [6.45, 7) is 2.54. The first kappa shape index (κ1) is 14.0. The van der Waals surface area contributed by atoms with E-state index in [2.05, 4.69) is 31.2 Å². The number of nitrogens with one attached hydrogen (secondary N) is 2. The molecule has 1 aliphatic heterocycles. The number of imidazole rings is 1. The highest BCUT2D eigenvalue weighted by Crippen LogP contribution is 2.22. The molecule has 0 amide bonds. The molecule has 0 saturated carbocycles. The number of fused-ring (bicyclic) bond motifs is 1. The molecule has 3 rings (SSSR count). The largest absolute Gasteiger partial charge is 0.342 e. The van der Waals surface area contributed by atoms with Crippen LogP contribution in [0, 0.1) is 6.92 Å². The van der Waals surface area contributed by atoms with Gasteiger partial charge in [0.1, 0.15) is 5.82 Å². The van der Waals surface area contributed by atoms with Crippen LogP contribution in [0.1, 0.15) is 11.4 Å². The van der Waals surface area contributed by atoms with Gasteiger partial charge in [0, 0.05) is 23.5 Å². The van der Waals surface area contributed by atoms with Crippen molar-refractivity contribution in [2.75, 3.05) is 18.1 Å². The number of sulfone groups is 1. The Morgan fingerprint density at radius 2 is 2.25 bits per heavy atom. The Morgan fingerprint density at radius 3 is 3.00 bits per heavy atom. The molecule has 5 nitrogen and oxygen atoms in total. The Kier molecular flexibility index (Phi) is 3.60. The van der Waals surface area contributed by atoms with E-state index in [-0.39, 0.29) is 17.5 Å². The Morgan fingerprint density at radius 1 is 1.45 bits per heavy atom. The van der Waals surface area contributed by atoms with Gasteiger partial charge in [0.15, 0.2) is 9.84 Å². The number of hydrogen-bond donors (Lipinski definition) is 2. The van der Waals surface area contributed by atoms with Crippen molar-refractivity contribution >= 4 is 36.8 Å². The van der Waals surface area contributed by atoms with Crippen LogP contribution in [-0.4, -0.2) is 42.5 Å². The van der Waals surface area contributed by atoms with Gasteiger partial charge in [-0.15, -0.1) is 0 Å². The normalized spacial score (nSPS) is 22.2. The van der Waals surface area contributed by atoms with Gasteiger partial charge in [0.2, 0.25) is 0 Å². The molecule has 1 saturated heterocycles. The van der Waals surface area contributed by atoms with Gasteiger partial charge in [0.05, 0.1) is 22.5 Å². The molecular weight excluding hydrogens is 342 g/mol. The molecular formula is C13H16BrN3O2S. The third-order valence-corrected chi connectivity index (χ3v) is 5.73. The van der Waals surface area contributed by atoms with Crippen molar-refractivity contribution in [1.82, 2.24) is 15.3 Å². The number of H-pyrrole nitrogens is 1. The topological polar surface area (TPSA) is 74.8 Å². The molecule has 7 heteroatoms. The molecule has 1 aliphatic rings. The highest BCUT2D eigenvalue weighted by atomic mass is 79.9. The number of aromatic amines is 1.